The lowest BCUT2D eigenvalue weighted by atomic mass is 9.82. The van der Waals surface area contributed by atoms with Crippen molar-refractivity contribution in [2.24, 2.45) is 0 Å². The second kappa shape index (κ2) is 10.9. The molecule has 0 aliphatic carbocycles. The largest absolute Gasteiger partial charge is 0.0622 e. The monoisotopic (exact) mass is 582 g/mol. The van der Waals surface area contributed by atoms with Crippen LogP contribution >= 0.6 is 0 Å². The van der Waals surface area contributed by atoms with Crippen LogP contribution in [0.4, 0.5) is 0 Å². The maximum absolute atomic E-state index is 2.40. The van der Waals surface area contributed by atoms with E-state index in [1.165, 1.54) is 87.6 Å². The number of benzene rings is 9. The van der Waals surface area contributed by atoms with Crippen molar-refractivity contribution >= 4 is 43.1 Å². The smallest absolute Gasteiger partial charge is 0.00199 e. The highest BCUT2D eigenvalue weighted by Crippen LogP contribution is 2.48. The molecule has 0 saturated heterocycles. The first-order valence-corrected chi connectivity index (χ1v) is 15.9. The Morgan fingerprint density at radius 2 is 0.565 bits per heavy atom. The summed E-state index contributed by atoms with van der Waals surface area (Å²) in [5, 5.41) is 10.1. The summed E-state index contributed by atoms with van der Waals surface area (Å²) in [6, 6.07) is 66.5. The van der Waals surface area contributed by atoms with Crippen LogP contribution in [0.15, 0.2) is 182 Å². The molecule has 0 aliphatic rings. The molecule has 0 bridgehead atoms. The minimum Gasteiger partial charge on any atom is -0.0622 e. The predicted octanol–water partition coefficient (Wildman–Crippen LogP) is 13.0. The molecule has 46 heavy (non-hydrogen) atoms. The van der Waals surface area contributed by atoms with Crippen LogP contribution in [0.1, 0.15) is 0 Å². The lowest BCUT2D eigenvalue weighted by Gasteiger charge is -2.21. The molecular formula is C46H30. The standard InChI is InChI=1S/C46H30/c1-3-15-31(16-4-1)35-27-28-42(37-22-10-9-21-36(35)37)45-38-23-11-13-25-40(38)46(41-26-14-12-24-39(41)45)44-30-34-20-8-7-19-33(34)29-43(44)32-17-5-2-6-18-32/h1-30H. The predicted molar refractivity (Wildman–Crippen MR) is 198 cm³/mol. The molecule has 0 unspecified atom stereocenters. The average molecular weight is 583 g/mol. The minimum absolute atomic E-state index is 1.22. The third kappa shape index (κ3) is 4.23. The van der Waals surface area contributed by atoms with Gasteiger partial charge in [-0.05, 0) is 99.7 Å². The molecule has 0 N–H and O–H groups in total. The van der Waals surface area contributed by atoms with Crippen molar-refractivity contribution in [3.63, 3.8) is 0 Å². The van der Waals surface area contributed by atoms with Crippen LogP contribution in [-0.2, 0) is 0 Å². The highest BCUT2D eigenvalue weighted by molar-refractivity contribution is 6.25. The third-order valence-electron chi connectivity index (χ3n) is 9.45. The van der Waals surface area contributed by atoms with Crippen molar-refractivity contribution in [2.45, 2.75) is 0 Å². The second-order valence-electron chi connectivity index (χ2n) is 12.0. The second-order valence-corrected chi connectivity index (χ2v) is 12.0. The maximum atomic E-state index is 2.40. The summed E-state index contributed by atoms with van der Waals surface area (Å²) in [5.74, 6) is 0. The summed E-state index contributed by atoms with van der Waals surface area (Å²) >= 11 is 0. The molecule has 0 nitrogen and oxygen atoms in total. The van der Waals surface area contributed by atoms with E-state index in [1.807, 2.05) is 0 Å². The van der Waals surface area contributed by atoms with E-state index < -0.39 is 0 Å². The Kier molecular flexibility index (Phi) is 6.25. The van der Waals surface area contributed by atoms with Gasteiger partial charge in [0.2, 0.25) is 0 Å². The van der Waals surface area contributed by atoms with E-state index in [0.717, 1.165) is 0 Å². The van der Waals surface area contributed by atoms with Gasteiger partial charge >= 0.3 is 0 Å². The molecule has 0 atom stereocenters. The van der Waals surface area contributed by atoms with Crippen molar-refractivity contribution in [3.05, 3.63) is 182 Å². The van der Waals surface area contributed by atoms with E-state index in [2.05, 4.69) is 182 Å². The summed E-state index contributed by atoms with van der Waals surface area (Å²) in [6.45, 7) is 0. The van der Waals surface area contributed by atoms with E-state index in [4.69, 9.17) is 0 Å². The Labute approximate surface area is 268 Å². The molecule has 9 aromatic carbocycles. The van der Waals surface area contributed by atoms with Gasteiger partial charge in [-0.1, -0.05) is 170 Å². The molecule has 9 aromatic rings. The van der Waals surface area contributed by atoms with E-state index >= 15 is 0 Å². The molecule has 0 heteroatoms. The normalized spacial score (nSPS) is 11.5. The molecule has 0 heterocycles. The first-order chi connectivity index (χ1) is 22.8. The van der Waals surface area contributed by atoms with Gasteiger partial charge in [-0.3, -0.25) is 0 Å². The first-order valence-electron chi connectivity index (χ1n) is 15.9. The quantitative estimate of drug-likeness (QED) is 0.181. The van der Waals surface area contributed by atoms with E-state index in [0.29, 0.717) is 0 Å². The number of hydrogen-bond donors (Lipinski definition) is 0. The van der Waals surface area contributed by atoms with Gasteiger partial charge in [-0.25, -0.2) is 0 Å². The van der Waals surface area contributed by atoms with Gasteiger partial charge in [0.05, 0.1) is 0 Å². The lowest BCUT2D eigenvalue weighted by Crippen LogP contribution is -1.94. The zero-order valence-electron chi connectivity index (χ0n) is 25.3. The van der Waals surface area contributed by atoms with Crippen molar-refractivity contribution in [3.8, 4) is 44.5 Å². The summed E-state index contributed by atoms with van der Waals surface area (Å²) in [7, 11) is 0. The fourth-order valence-electron chi connectivity index (χ4n) is 7.40. The molecule has 0 saturated carbocycles. The van der Waals surface area contributed by atoms with Gasteiger partial charge in [0.1, 0.15) is 0 Å². The summed E-state index contributed by atoms with van der Waals surface area (Å²) in [4.78, 5) is 0. The summed E-state index contributed by atoms with van der Waals surface area (Å²) < 4.78 is 0. The van der Waals surface area contributed by atoms with Crippen molar-refractivity contribution in [1.82, 2.24) is 0 Å². The van der Waals surface area contributed by atoms with Gasteiger partial charge < -0.3 is 0 Å². The Bertz CT molecular complexity index is 2500. The zero-order chi connectivity index (χ0) is 30.5. The van der Waals surface area contributed by atoms with Gasteiger partial charge in [0, 0.05) is 0 Å². The van der Waals surface area contributed by atoms with Gasteiger partial charge in [0.25, 0.3) is 0 Å². The molecule has 0 fully saturated rings. The highest BCUT2D eigenvalue weighted by atomic mass is 14.2. The topological polar surface area (TPSA) is 0 Å². The summed E-state index contributed by atoms with van der Waals surface area (Å²) in [5.41, 5.74) is 10.1. The summed E-state index contributed by atoms with van der Waals surface area (Å²) in [6.07, 6.45) is 0. The number of hydrogen-bond acceptors (Lipinski definition) is 0. The number of rotatable bonds is 4. The number of fused-ring (bicyclic) bond motifs is 4. The molecule has 0 amide bonds. The van der Waals surface area contributed by atoms with E-state index in [-0.39, 0.29) is 0 Å². The van der Waals surface area contributed by atoms with Crippen LogP contribution in [0.3, 0.4) is 0 Å². The Morgan fingerprint density at radius 3 is 1.09 bits per heavy atom. The van der Waals surface area contributed by atoms with Crippen LogP contribution in [-0.4, -0.2) is 0 Å². The maximum Gasteiger partial charge on any atom is -0.00199 e. The average Bonchev–Trinajstić information content (AvgIpc) is 3.14. The Hall–Kier alpha value is -5.98. The van der Waals surface area contributed by atoms with Crippen LogP contribution in [0.5, 0.6) is 0 Å². The molecule has 9 rings (SSSR count). The van der Waals surface area contributed by atoms with E-state index in [1.54, 1.807) is 0 Å². The van der Waals surface area contributed by atoms with Crippen molar-refractivity contribution in [2.75, 3.05) is 0 Å². The van der Waals surface area contributed by atoms with Gasteiger partial charge in [-0.15, -0.1) is 0 Å². The van der Waals surface area contributed by atoms with E-state index in [9.17, 15) is 0 Å². The molecule has 0 spiro atoms. The Balaban J connectivity index is 1.41. The van der Waals surface area contributed by atoms with Gasteiger partial charge in [-0.2, -0.15) is 0 Å². The van der Waals surface area contributed by atoms with Crippen LogP contribution in [0.2, 0.25) is 0 Å². The SMILES string of the molecule is c1ccc(-c2cc3ccccc3cc2-c2c3ccccc3c(-c3ccc(-c4ccccc4)c4ccccc34)c3ccccc23)cc1. The highest BCUT2D eigenvalue weighted by Gasteiger charge is 2.21. The molecule has 0 aromatic heterocycles. The van der Waals surface area contributed by atoms with Crippen LogP contribution < -0.4 is 0 Å². The van der Waals surface area contributed by atoms with Gasteiger partial charge in [0.15, 0.2) is 0 Å². The van der Waals surface area contributed by atoms with Crippen LogP contribution in [0, 0.1) is 0 Å². The van der Waals surface area contributed by atoms with Crippen molar-refractivity contribution < 1.29 is 0 Å². The molecule has 214 valence electrons. The Morgan fingerprint density at radius 1 is 0.217 bits per heavy atom. The fourth-order valence-corrected chi connectivity index (χ4v) is 7.40. The van der Waals surface area contributed by atoms with Crippen LogP contribution in [0.25, 0.3) is 87.6 Å². The first kappa shape index (κ1) is 26.4. The lowest BCUT2D eigenvalue weighted by molar-refractivity contribution is 1.63. The molecule has 0 radical (unpaired) electrons. The van der Waals surface area contributed by atoms with Crippen molar-refractivity contribution in [1.29, 1.82) is 0 Å². The third-order valence-corrected chi connectivity index (χ3v) is 9.45. The molecule has 0 aliphatic heterocycles. The molecular weight excluding hydrogens is 553 g/mol. The fraction of sp³-hybridized carbons (Fsp3) is 0. The zero-order valence-corrected chi connectivity index (χ0v) is 25.3. The minimum atomic E-state index is 1.22.